The van der Waals surface area contributed by atoms with E-state index >= 15 is 0 Å². The van der Waals surface area contributed by atoms with Crippen molar-refractivity contribution in [1.29, 1.82) is 0 Å². The minimum absolute atomic E-state index is 0.504. The number of hydrogen-bond donors (Lipinski definition) is 0. The van der Waals surface area contributed by atoms with Gasteiger partial charge in [-0.15, -0.1) is 0 Å². The number of nitrogens with zero attached hydrogens (tertiary/aromatic N) is 1. The molecule has 11 rings (SSSR count). The predicted octanol–water partition coefficient (Wildman–Crippen LogP) is 15.3. The Hall–Kier alpha value is -6.44. The van der Waals surface area contributed by atoms with E-state index in [1.165, 1.54) is 131 Å². The van der Waals surface area contributed by atoms with Crippen LogP contribution in [0.4, 0.5) is 0 Å². The van der Waals surface area contributed by atoms with Gasteiger partial charge in [-0.2, -0.15) is 0 Å². The molecule has 0 aliphatic heterocycles. The number of benzene rings is 9. The highest BCUT2D eigenvalue weighted by Gasteiger charge is 2.28. The number of rotatable bonds is 5. The SMILES string of the molecule is c1ccc(-c2c3ccccc3c(-c3ccc(-c4c(C5CCCCC5)c5c6ccccc6n(-c6ccccc6)c5c5ccccc45)cc3)c3ccccc23)cc1. The molecule has 1 aromatic heterocycles. The first-order valence-corrected chi connectivity index (χ1v) is 20.0. The van der Waals surface area contributed by atoms with E-state index in [0.29, 0.717) is 5.92 Å². The zero-order valence-electron chi connectivity index (χ0n) is 30.9. The maximum absolute atomic E-state index is 2.53. The molecule has 1 heteroatoms. The van der Waals surface area contributed by atoms with Crippen LogP contribution in [0.1, 0.15) is 43.6 Å². The van der Waals surface area contributed by atoms with Crippen molar-refractivity contribution in [2.45, 2.75) is 38.0 Å². The topological polar surface area (TPSA) is 4.93 Å². The lowest BCUT2D eigenvalue weighted by atomic mass is 9.77. The molecule has 0 amide bonds. The van der Waals surface area contributed by atoms with Crippen LogP contribution in [0.5, 0.6) is 0 Å². The molecule has 0 bridgehead atoms. The molecule has 1 fully saturated rings. The third-order valence-corrected chi connectivity index (χ3v) is 12.3. The van der Waals surface area contributed by atoms with Crippen LogP contribution in [0, 0.1) is 0 Å². The number of hydrogen-bond acceptors (Lipinski definition) is 0. The van der Waals surface area contributed by atoms with Gasteiger partial charge in [0.2, 0.25) is 0 Å². The molecule has 0 unspecified atom stereocenters. The molecular weight excluding hydrogens is 663 g/mol. The monoisotopic (exact) mass is 703 g/mol. The molecule has 1 aliphatic rings. The van der Waals surface area contributed by atoms with Crippen LogP contribution >= 0.6 is 0 Å². The van der Waals surface area contributed by atoms with Gasteiger partial charge in [-0.25, -0.2) is 0 Å². The molecule has 1 heterocycles. The van der Waals surface area contributed by atoms with Crippen LogP contribution in [0.15, 0.2) is 182 Å². The summed E-state index contributed by atoms with van der Waals surface area (Å²) in [5.74, 6) is 0.504. The van der Waals surface area contributed by atoms with Gasteiger partial charge in [0.1, 0.15) is 0 Å². The van der Waals surface area contributed by atoms with Crippen LogP contribution in [0.3, 0.4) is 0 Å². The molecule has 1 nitrogen and oxygen atoms in total. The molecule has 10 aromatic rings. The Balaban J connectivity index is 1.19. The summed E-state index contributed by atoms with van der Waals surface area (Å²) in [5.41, 5.74) is 13.2. The fraction of sp³-hybridized carbons (Fsp3) is 0.111. The van der Waals surface area contributed by atoms with E-state index in [0.717, 1.165) is 0 Å². The minimum atomic E-state index is 0.504. The molecule has 55 heavy (non-hydrogen) atoms. The average molecular weight is 704 g/mol. The first-order valence-electron chi connectivity index (χ1n) is 20.0. The first kappa shape index (κ1) is 32.0. The van der Waals surface area contributed by atoms with E-state index in [2.05, 4.69) is 187 Å². The van der Waals surface area contributed by atoms with Crippen molar-refractivity contribution in [2.75, 3.05) is 0 Å². The zero-order valence-corrected chi connectivity index (χ0v) is 30.9. The van der Waals surface area contributed by atoms with E-state index < -0.39 is 0 Å². The molecule has 0 saturated heterocycles. The normalized spacial score (nSPS) is 13.7. The maximum Gasteiger partial charge on any atom is 0.0622 e. The third-order valence-electron chi connectivity index (χ3n) is 12.3. The highest BCUT2D eigenvalue weighted by atomic mass is 15.0. The first-order chi connectivity index (χ1) is 27.3. The molecular formula is C54H41N. The second kappa shape index (κ2) is 13.1. The van der Waals surface area contributed by atoms with Crippen LogP contribution in [-0.2, 0) is 0 Å². The summed E-state index contributed by atoms with van der Waals surface area (Å²) < 4.78 is 2.53. The van der Waals surface area contributed by atoms with E-state index in [9.17, 15) is 0 Å². The minimum Gasteiger partial charge on any atom is -0.309 e. The Morgan fingerprint density at radius 2 is 0.764 bits per heavy atom. The van der Waals surface area contributed by atoms with Gasteiger partial charge in [-0.1, -0.05) is 183 Å². The summed E-state index contributed by atoms with van der Waals surface area (Å²) in [5, 5.41) is 10.6. The van der Waals surface area contributed by atoms with Crippen molar-refractivity contribution < 1.29 is 0 Å². The fourth-order valence-corrected chi connectivity index (χ4v) is 10.1. The fourth-order valence-electron chi connectivity index (χ4n) is 10.1. The summed E-state index contributed by atoms with van der Waals surface area (Å²) in [7, 11) is 0. The van der Waals surface area contributed by atoms with Gasteiger partial charge >= 0.3 is 0 Å². The summed E-state index contributed by atoms with van der Waals surface area (Å²) in [4.78, 5) is 0. The lowest BCUT2D eigenvalue weighted by molar-refractivity contribution is 0.446. The zero-order chi connectivity index (χ0) is 36.3. The van der Waals surface area contributed by atoms with E-state index in [4.69, 9.17) is 0 Å². The Bertz CT molecular complexity index is 2980. The summed E-state index contributed by atoms with van der Waals surface area (Å²) in [6, 6.07) is 67.7. The number of aromatic nitrogens is 1. The molecule has 1 aliphatic carbocycles. The van der Waals surface area contributed by atoms with Crippen molar-refractivity contribution in [3.8, 4) is 39.1 Å². The van der Waals surface area contributed by atoms with Gasteiger partial charge in [0, 0.05) is 21.8 Å². The molecule has 0 N–H and O–H groups in total. The summed E-state index contributed by atoms with van der Waals surface area (Å²) in [6.07, 6.45) is 6.36. The summed E-state index contributed by atoms with van der Waals surface area (Å²) in [6.45, 7) is 0. The maximum atomic E-state index is 2.53. The van der Waals surface area contributed by atoms with Crippen LogP contribution < -0.4 is 0 Å². The molecule has 0 spiro atoms. The Morgan fingerprint density at radius 1 is 0.345 bits per heavy atom. The molecule has 262 valence electrons. The Morgan fingerprint density at radius 3 is 1.33 bits per heavy atom. The van der Waals surface area contributed by atoms with E-state index in [-0.39, 0.29) is 0 Å². The third kappa shape index (κ3) is 5.07. The quantitative estimate of drug-likeness (QED) is 0.157. The molecule has 9 aromatic carbocycles. The highest BCUT2D eigenvalue weighted by molar-refractivity contribution is 6.25. The van der Waals surface area contributed by atoms with Gasteiger partial charge < -0.3 is 4.57 Å². The number of para-hydroxylation sites is 2. The van der Waals surface area contributed by atoms with Crippen molar-refractivity contribution >= 4 is 54.1 Å². The molecule has 0 radical (unpaired) electrons. The van der Waals surface area contributed by atoms with Crippen LogP contribution in [0.25, 0.3) is 93.2 Å². The Labute approximate surface area is 322 Å². The second-order valence-electron chi connectivity index (χ2n) is 15.4. The lowest BCUT2D eigenvalue weighted by Gasteiger charge is -2.27. The van der Waals surface area contributed by atoms with Crippen LogP contribution in [-0.4, -0.2) is 4.57 Å². The van der Waals surface area contributed by atoms with E-state index in [1.54, 1.807) is 0 Å². The summed E-state index contributed by atoms with van der Waals surface area (Å²) >= 11 is 0. The lowest BCUT2D eigenvalue weighted by Crippen LogP contribution is -2.08. The smallest absolute Gasteiger partial charge is 0.0622 e. The standard InChI is InChI=1S/C54H41N/c1-4-18-36(19-5-1)49-41-24-10-12-26-43(41)50(44-27-13-11-25-42(44)49)38-32-34-39(35-33-38)51-45-28-14-15-29-46(45)54-53(52(51)37-20-6-2-7-21-37)47-30-16-17-31-48(47)55(54)40-22-8-3-9-23-40/h1,3-5,8-19,22-35,37H,2,6-7,20-21H2. The number of fused-ring (bicyclic) bond motifs is 7. The average Bonchev–Trinajstić information content (AvgIpc) is 3.61. The van der Waals surface area contributed by atoms with Gasteiger partial charge in [0.05, 0.1) is 11.0 Å². The van der Waals surface area contributed by atoms with Gasteiger partial charge in [0.15, 0.2) is 0 Å². The highest BCUT2D eigenvalue weighted by Crippen LogP contribution is 2.51. The van der Waals surface area contributed by atoms with Gasteiger partial charge in [0.25, 0.3) is 0 Å². The van der Waals surface area contributed by atoms with Crippen molar-refractivity contribution in [2.24, 2.45) is 0 Å². The van der Waals surface area contributed by atoms with Crippen LogP contribution in [0.2, 0.25) is 0 Å². The Kier molecular flexibility index (Phi) is 7.66. The van der Waals surface area contributed by atoms with Crippen molar-refractivity contribution in [3.63, 3.8) is 0 Å². The molecule has 0 atom stereocenters. The van der Waals surface area contributed by atoms with Gasteiger partial charge in [-0.05, 0) is 103 Å². The van der Waals surface area contributed by atoms with Crippen molar-refractivity contribution in [1.82, 2.24) is 4.57 Å². The molecule has 1 saturated carbocycles. The predicted molar refractivity (Wildman–Crippen MR) is 235 cm³/mol. The largest absolute Gasteiger partial charge is 0.309 e. The second-order valence-corrected chi connectivity index (χ2v) is 15.4. The van der Waals surface area contributed by atoms with Gasteiger partial charge in [-0.3, -0.25) is 0 Å². The van der Waals surface area contributed by atoms with E-state index in [1.807, 2.05) is 0 Å². The van der Waals surface area contributed by atoms with Crippen molar-refractivity contribution in [3.05, 3.63) is 188 Å².